The number of hydrogen-bond acceptors (Lipinski definition) is 7. The highest BCUT2D eigenvalue weighted by atomic mass is 32.1. The molecule has 0 spiro atoms. The number of rotatable bonds is 6. The molecule has 8 nitrogen and oxygen atoms in total. The first-order chi connectivity index (χ1) is 16.5. The van der Waals surface area contributed by atoms with Crippen LogP contribution in [0.3, 0.4) is 0 Å². The molecule has 9 heteroatoms. The molecule has 1 N–H and O–H groups in total. The Hall–Kier alpha value is -3.46. The summed E-state index contributed by atoms with van der Waals surface area (Å²) in [5.41, 5.74) is 3.34. The Labute approximate surface area is 201 Å². The van der Waals surface area contributed by atoms with Crippen molar-refractivity contribution < 1.29 is 9.21 Å². The molecule has 1 aromatic carbocycles. The maximum Gasteiger partial charge on any atom is 0.349 e. The van der Waals surface area contributed by atoms with Gasteiger partial charge in [-0.3, -0.25) is 9.36 Å². The van der Waals surface area contributed by atoms with Crippen LogP contribution in [0, 0.1) is 6.92 Å². The van der Waals surface area contributed by atoms with Crippen molar-refractivity contribution in [2.24, 2.45) is 0 Å². The van der Waals surface area contributed by atoms with Crippen LogP contribution in [0.5, 0.6) is 0 Å². The fraction of sp³-hybridized carbons (Fsp3) is 0.360. The van der Waals surface area contributed by atoms with Crippen LogP contribution < -0.4 is 15.9 Å². The molecule has 3 aromatic heterocycles. The Kier molecular flexibility index (Phi) is 6.19. The van der Waals surface area contributed by atoms with E-state index in [0.717, 1.165) is 54.3 Å². The minimum absolute atomic E-state index is 0.139. The van der Waals surface area contributed by atoms with Gasteiger partial charge in [-0.1, -0.05) is 36.5 Å². The van der Waals surface area contributed by atoms with Crippen molar-refractivity contribution in [2.45, 2.75) is 46.1 Å². The minimum Gasteiger partial charge on any atom is -0.463 e. The molecule has 0 aliphatic carbocycles. The standard InChI is InChI=1S/C25H27N5O3S/c1-3-17-10-7-9-16(2)20(17)26-19(31)15-30-23-22(21(27-24(30)32)18-11-8-14-33-18)28-25(34-23)29-12-5-4-6-13-29/h7-11,14H,3-6,12-13,15H2,1-2H3,(H,26,31). The van der Waals surface area contributed by atoms with Crippen molar-refractivity contribution in [3.05, 3.63) is 58.2 Å². The summed E-state index contributed by atoms with van der Waals surface area (Å²) >= 11 is 1.43. The Bertz CT molecular complexity index is 1380. The van der Waals surface area contributed by atoms with Crippen LogP contribution in [0.25, 0.3) is 21.8 Å². The first-order valence-corrected chi connectivity index (χ1v) is 12.5. The van der Waals surface area contributed by atoms with E-state index in [1.54, 1.807) is 18.4 Å². The summed E-state index contributed by atoms with van der Waals surface area (Å²) in [6.45, 7) is 5.74. The van der Waals surface area contributed by atoms with Crippen LogP contribution >= 0.6 is 11.3 Å². The molecule has 1 amide bonds. The molecule has 176 valence electrons. The summed E-state index contributed by atoms with van der Waals surface area (Å²) in [6, 6.07) is 9.47. The number of amides is 1. The van der Waals surface area contributed by atoms with E-state index < -0.39 is 5.69 Å². The number of aromatic nitrogens is 3. The number of nitrogens with zero attached hydrogens (tertiary/aromatic N) is 4. The fourth-order valence-electron chi connectivity index (χ4n) is 4.40. The van der Waals surface area contributed by atoms with Crippen LogP contribution in [-0.4, -0.2) is 33.5 Å². The third-order valence-corrected chi connectivity index (χ3v) is 7.33. The molecule has 1 aliphatic heterocycles. The number of piperidine rings is 1. The van der Waals surface area contributed by atoms with Crippen molar-refractivity contribution >= 4 is 38.4 Å². The molecule has 0 bridgehead atoms. The maximum absolute atomic E-state index is 13.1. The summed E-state index contributed by atoms with van der Waals surface area (Å²) in [7, 11) is 0. The molecule has 4 heterocycles. The number of anilines is 2. The molecular formula is C25H27N5O3S. The molecule has 34 heavy (non-hydrogen) atoms. The number of aryl methyl sites for hydroxylation is 2. The second-order valence-corrected chi connectivity index (χ2v) is 9.47. The smallest absolute Gasteiger partial charge is 0.349 e. The van der Waals surface area contributed by atoms with E-state index in [1.807, 2.05) is 25.1 Å². The predicted molar refractivity (Wildman–Crippen MR) is 135 cm³/mol. The van der Waals surface area contributed by atoms with Crippen molar-refractivity contribution in [3.63, 3.8) is 0 Å². The summed E-state index contributed by atoms with van der Waals surface area (Å²) in [5.74, 6) is 0.217. The molecule has 0 unspecified atom stereocenters. The Balaban J connectivity index is 1.55. The van der Waals surface area contributed by atoms with E-state index in [9.17, 15) is 9.59 Å². The van der Waals surface area contributed by atoms with E-state index in [2.05, 4.69) is 22.1 Å². The van der Waals surface area contributed by atoms with Gasteiger partial charge in [0.05, 0.1) is 6.26 Å². The van der Waals surface area contributed by atoms with Crippen LogP contribution in [-0.2, 0) is 17.8 Å². The van der Waals surface area contributed by atoms with Gasteiger partial charge in [0.25, 0.3) is 0 Å². The van der Waals surface area contributed by atoms with Crippen LogP contribution in [0.4, 0.5) is 10.8 Å². The first kappa shape index (κ1) is 22.3. The van der Waals surface area contributed by atoms with Gasteiger partial charge in [-0.25, -0.2) is 9.78 Å². The fourth-order valence-corrected chi connectivity index (χ4v) is 5.52. The third-order valence-electron chi connectivity index (χ3n) is 6.19. The summed E-state index contributed by atoms with van der Waals surface area (Å²) < 4.78 is 6.96. The average molecular weight is 478 g/mol. The number of furan rings is 1. The predicted octanol–water partition coefficient (Wildman–Crippen LogP) is 4.61. The van der Waals surface area contributed by atoms with Crippen molar-refractivity contribution in [1.29, 1.82) is 0 Å². The van der Waals surface area contributed by atoms with Gasteiger partial charge in [-0.05, 0) is 55.9 Å². The van der Waals surface area contributed by atoms with E-state index >= 15 is 0 Å². The lowest BCUT2D eigenvalue weighted by Crippen LogP contribution is -2.30. The van der Waals surface area contributed by atoms with Crippen molar-refractivity contribution in [1.82, 2.24) is 14.5 Å². The van der Waals surface area contributed by atoms with Crippen LogP contribution in [0.1, 0.15) is 37.3 Å². The monoisotopic (exact) mass is 477 g/mol. The van der Waals surface area contributed by atoms with Crippen molar-refractivity contribution in [2.75, 3.05) is 23.3 Å². The van der Waals surface area contributed by atoms with Crippen LogP contribution in [0.2, 0.25) is 0 Å². The number of hydrogen-bond donors (Lipinski definition) is 1. The highest BCUT2D eigenvalue weighted by Crippen LogP contribution is 2.34. The lowest BCUT2D eigenvalue weighted by molar-refractivity contribution is -0.116. The average Bonchev–Trinajstić information content (AvgIpc) is 3.53. The summed E-state index contributed by atoms with van der Waals surface area (Å²) in [6.07, 6.45) is 5.79. The maximum atomic E-state index is 13.1. The van der Waals surface area contributed by atoms with Crippen molar-refractivity contribution in [3.8, 4) is 11.5 Å². The topological polar surface area (TPSA) is 93.3 Å². The van der Waals surface area contributed by atoms with Gasteiger partial charge in [0.2, 0.25) is 5.91 Å². The lowest BCUT2D eigenvalue weighted by atomic mass is 10.1. The quantitative estimate of drug-likeness (QED) is 0.436. The number of fused-ring (bicyclic) bond motifs is 1. The van der Waals surface area contributed by atoms with E-state index in [-0.39, 0.29) is 12.5 Å². The molecule has 1 aliphatic rings. The molecule has 0 radical (unpaired) electrons. The van der Waals surface area contributed by atoms with Gasteiger partial charge < -0.3 is 14.6 Å². The third kappa shape index (κ3) is 4.23. The van der Waals surface area contributed by atoms with Gasteiger partial charge in [-0.2, -0.15) is 4.98 Å². The zero-order chi connectivity index (χ0) is 23.7. The number of benzene rings is 1. The zero-order valence-corrected chi connectivity index (χ0v) is 20.2. The van der Waals surface area contributed by atoms with Gasteiger partial charge in [0, 0.05) is 18.8 Å². The van der Waals surface area contributed by atoms with Crippen LogP contribution in [0.15, 0.2) is 45.8 Å². The number of carbonyl (C=O) groups excluding carboxylic acids is 1. The second kappa shape index (κ2) is 9.42. The zero-order valence-electron chi connectivity index (χ0n) is 19.3. The SMILES string of the molecule is CCc1cccc(C)c1NC(=O)Cn1c(=O)nc(-c2ccco2)c2nc(N3CCCCC3)sc21. The van der Waals surface area contributed by atoms with Gasteiger partial charge in [0.15, 0.2) is 10.9 Å². The number of nitrogens with one attached hydrogen (secondary N) is 1. The Morgan fingerprint density at radius 1 is 1.15 bits per heavy atom. The number of thiazole rings is 1. The molecule has 1 saturated heterocycles. The molecule has 1 fully saturated rings. The van der Waals surface area contributed by atoms with Gasteiger partial charge >= 0.3 is 5.69 Å². The number of carbonyl (C=O) groups is 1. The molecule has 5 rings (SSSR count). The van der Waals surface area contributed by atoms with Gasteiger partial charge in [0.1, 0.15) is 22.6 Å². The Morgan fingerprint density at radius 2 is 1.97 bits per heavy atom. The van der Waals surface area contributed by atoms with E-state index in [4.69, 9.17) is 9.40 Å². The largest absolute Gasteiger partial charge is 0.463 e. The number of para-hydroxylation sites is 1. The van der Waals surface area contributed by atoms with E-state index in [1.165, 1.54) is 22.3 Å². The first-order valence-electron chi connectivity index (χ1n) is 11.6. The minimum atomic E-state index is -0.497. The van der Waals surface area contributed by atoms with E-state index in [0.29, 0.717) is 21.8 Å². The second-order valence-electron chi connectivity index (χ2n) is 8.52. The summed E-state index contributed by atoms with van der Waals surface area (Å²) in [5, 5.41) is 3.86. The highest BCUT2D eigenvalue weighted by Gasteiger charge is 2.23. The molecular weight excluding hydrogens is 450 g/mol. The Morgan fingerprint density at radius 3 is 2.71 bits per heavy atom. The highest BCUT2D eigenvalue weighted by molar-refractivity contribution is 7.22. The molecule has 4 aromatic rings. The molecule has 0 atom stereocenters. The van der Waals surface area contributed by atoms with Gasteiger partial charge in [-0.15, -0.1) is 0 Å². The molecule has 0 saturated carbocycles. The lowest BCUT2D eigenvalue weighted by Gasteiger charge is -2.25. The normalized spacial score (nSPS) is 14.0. The summed E-state index contributed by atoms with van der Waals surface area (Å²) in [4.78, 5) is 38.2.